The molecule has 1 atom stereocenters. The number of cyclic esters (lactones) is 1. The Morgan fingerprint density at radius 1 is 1.35 bits per heavy atom. The molecule has 2 N–H and O–H groups in total. The number of aliphatic hydroxyl groups is 1. The number of carbonyl (C=O) groups is 3. The molecular weight excluding hydrogens is 228 g/mol. The summed E-state index contributed by atoms with van der Waals surface area (Å²) in [6.07, 6.45) is -0.413. The Morgan fingerprint density at radius 2 is 2.00 bits per heavy atom. The molecule has 1 fully saturated rings. The molecule has 0 amide bonds. The van der Waals surface area contributed by atoms with Crippen LogP contribution in [0.15, 0.2) is 11.3 Å². The molecule has 0 radical (unpaired) electrons. The number of ketones is 1. The van der Waals surface area contributed by atoms with Crippen LogP contribution in [0, 0.1) is 0 Å². The lowest BCUT2D eigenvalue weighted by atomic mass is 9.99. The van der Waals surface area contributed by atoms with E-state index in [9.17, 15) is 19.5 Å². The molecule has 6 nitrogen and oxygen atoms in total. The molecule has 0 aromatic carbocycles. The maximum absolute atomic E-state index is 11.5. The quantitative estimate of drug-likeness (QED) is 0.329. The highest BCUT2D eigenvalue weighted by atomic mass is 16.5. The first-order valence-corrected chi connectivity index (χ1v) is 5.30. The standard InChI is InChI=1S/C11H14O6/c1-6-5-8(13)10(11(16)17-6)7(12)3-2-4-9(14)15/h6,12H,2-5H2,1H3,(H,14,15)/b10-7+/t6-/m1/s1. The Kier molecular flexibility index (Phi) is 4.25. The zero-order chi connectivity index (χ0) is 13.0. The lowest BCUT2D eigenvalue weighted by molar-refractivity contribution is -0.150. The van der Waals surface area contributed by atoms with E-state index >= 15 is 0 Å². The van der Waals surface area contributed by atoms with Gasteiger partial charge in [0.25, 0.3) is 0 Å². The number of carboxylic acids is 1. The van der Waals surface area contributed by atoms with Gasteiger partial charge in [0.05, 0.1) is 0 Å². The van der Waals surface area contributed by atoms with Crippen molar-refractivity contribution in [3.8, 4) is 0 Å². The van der Waals surface area contributed by atoms with Crippen molar-refractivity contribution in [1.82, 2.24) is 0 Å². The fraction of sp³-hybridized carbons (Fsp3) is 0.545. The zero-order valence-corrected chi connectivity index (χ0v) is 9.43. The minimum atomic E-state index is -0.992. The van der Waals surface area contributed by atoms with E-state index < -0.39 is 23.8 Å². The third-order valence-electron chi connectivity index (χ3n) is 2.36. The van der Waals surface area contributed by atoms with Crippen LogP contribution in [0.5, 0.6) is 0 Å². The maximum atomic E-state index is 11.5. The van der Waals surface area contributed by atoms with Gasteiger partial charge in [-0.3, -0.25) is 9.59 Å². The van der Waals surface area contributed by atoms with Gasteiger partial charge < -0.3 is 14.9 Å². The van der Waals surface area contributed by atoms with Crippen molar-refractivity contribution in [3.05, 3.63) is 11.3 Å². The number of allylic oxidation sites excluding steroid dienone is 1. The number of rotatable bonds is 4. The molecular formula is C11H14O6. The minimum Gasteiger partial charge on any atom is -0.511 e. The molecule has 1 heterocycles. The van der Waals surface area contributed by atoms with Gasteiger partial charge in [-0.1, -0.05) is 0 Å². The Balaban J connectivity index is 2.70. The van der Waals surface area contributed by atoms with E-state index in [4.69, 9.17) is 9.84 Å². The van der Waals surface area contributed by atoms with Gasteiger partial charge in [-0.25, -0.2) is 4.79 Å². The third-order valence-corrected chi connectivity index (χ3v) is 2.36. The molecule has 0 aromatic rings. The Labute approximate surface area is 97.9 Å². The topological polar surface area (TPSA) is 101 Å². The number of aliphatic hydroxyl groups excluding tert-OH is 1. The molecule has 6 heteroatoms. The van der Waals surface area contributed by atoms with Gasteiger partial charge in [-0.2, -0.15) is 0 Å². The van der Waals surface area contributed by atoms with E-state index in [-0.39, 0.29) is 37.0 Å². The van der Waals surface area contributed by atoms with E-state index in [1.54, 1.807) is 6.92 Å². The van der Waals surface area contributed by atoms with Gasteiger partial charge in [0.1, 0.15) is 17.4 Å². The Morgan fingerprint density at radius 3 is 2.53 bits per heavy atom. The van der Waals surface area contributed by atoms with Crippen LogP contribution in [0.4, 0.5) is 0 Å². The summed E-state index contributed by atoms with van der Waals surface area (Å²) in [4.78, 5) is 33.2. The van der Waals surface area contributed by atoms with E-state index in [1.807, 2.05) is 0 Å². The maximum Gasteiger partial charge on any atom is 0.345 e. The number of Topliss-reactive ketones (excluding diaryl/α,β-unsaturated/α-hetero) is 1. The van der Waals surface area contributed by atoms with Crippen LogP contribution in [0.2, 0.25) is 0 Å². The average molecular weight is 242 g/mol. The Bertz CT molecular complexity index is 361. The highest BCUT2D eigenvalue weighted by Crippen LogP contribution is 2.20. The first-order valence-electron chi connectivity index (χ1n) is 5.30. The SMILES string of the molecule is C[C@@H]1CC(=O)/C(=C(\O)CCCC(=O)O)C(=O)O1. The highest BCUT2D eigenvalue weighted by Gasteiger charge is 2.32. The summed E-state index contributed by atoms with van der Waals surface area (Å²) in [5.41, 5.74) is -0.339. The molecule has 17 heavy (non-hydrogen) atoms. The molecule has 0 bridgehead atoms. The van der Waals surface area contributed by atoms with Crippen LogP contribution in [0.1, 0.15) is 32.6 Å². The summed E-state index contributed by atoms with van der Waals surface area (Å²) in [5.74, 6) is -2.66. The molecule has 0 spiro atoms. The summed E-state index contributed by atoms with van der Waals surface area (Å²) < 4.78 is 4.82. The highest BCUT2D eigenvalue weighted by molar-refractivity contribution is 6.19. The van der Waals surface area contributed by atoms with Crippen molar-refractivity contribution >= 4 is 17.7 Å². The van der Waals surface area contributed by atoms with Gasteiger partial charge in [0, 0.05) is 19.3 Å². The number of carbonyl (C=O) groups excluding carboxylic acids is 2. The average Bonchev–Trinajstić information content (AvgIpc) is 2.14. The summed E-state index contributed by atoms with van der Waals surface area (Å²) in [6, 6.07) is 0. The lowest BCUT2D eigenvalue weighted by Crippen LogP contribution is -2.31. The van der Waals surface area contributed by atoms with Crippen molar-refractivity contribution in [2.45, 2.75) is 38.7 Å². The van der Waals surface area contributed by atoms with Crippen molar-refractivity contribution < 1.29 is 29.3 Å². The smallest absolute Gasteiger partial charge is 0.345 e. The van der Waals surface area contributed by atoms with E-state index in [0.29, 0.717) is 0 Å². The van der Waals surface area contributed by atoms with Crippen molar-refractivity contribution in [2.75, 3.05) is 0 Å². The van der Waals surface area contributed by atoms with Gasteiger partial charge in [0.2, 0.25) is 0 Å². The number of hydrogen-bond donors (Lipinski definition) is 2. The van der Waals surface area contributed by atoms with Crippen molar-refractivity contribution in [2.24, 2.45) is 0 Å². The zero-order valence-electron chi connectivity index (χ0n) is 9.43. The van der Waals surface area contributed by atoms with Crippen LogP contribution >= 0.6 is 0 Å². The molecule has 0 aromatic heterocycles. The molecule has 1 aliphatic heterocycles. The molecule has 1 aliphatic rings. The van der Waals surface area contributed by atoms with E-state index in [2.05, 4.69) is 0 Å². The fourth-order valence-corrected chi connectivity index (χ4v) is 1.57. The summed E-state index contributed by atoms with van der Waals surface area (Å²) in [7, 11) is 0. The molecule has 0 aliphatic carbocycles. The first-order chi connectivity index (χ1) is 7.91. The van der Waals surface area contributed by atoms with Crippen LogP contribution in [0.3, 0.4) is 0 Å². The predicted octanol–water partition coefficient (Wildman–Crippen LogP) is 0.958. The third kappa shape index (κ3) is 3.58. The molecule has 0 unspecified atom stereocenters. The van der Waals surface area contributed by atoms with Gasteiger partial charge in [0.15, 0.2) is 5.78 Å². The van der Waals surface area contributed by atoms with Crippen LogP contribution in [-0.4, -0.2) is 34.0 Å². The number of carboxylic acid groups (broad SMARTS) is 1. The monoisotopic (exact) mass is 242 g/mol. The molecule has 1 rings (SSSR count). The summed E-state index contributed by atoms with van der Waals surface area (Å²) in [5, 5.41) is 18.0. The minimum absolute atomic E-state index is 0.0170. The van der Waals surface area contributed by atoms with Gasteiger partial charge >= 0.3 is 11.9 Å². The van der Waals surface area contributed by atoms with Gasteiger partial charge in [-0.15, -0.1) is 0 Å². The van der Waals surface area contributed by atoms with Crippen LogP contribution in [0.25, 0.3) is 0 Å². The number of aliphatic carboxylic acids is 1. The number of hydrogen-bond acceptors (Lipinski definition) is 5. The molecule has 0 saturated carbocycles. The first kappa shape index (κ1) is 13.2. The second kappa shape index (κ2) is 5.47. The summed E-state index contributed by atoms with van der Waals surface area (Å²) >= 11 is 0. The van der Waals surface area contributed by atoms with Crippen molar-refractivity contribution in [1.29, 1.82) is 0 Å². The second-order valence-electron chi connectivity index (χ2n) is 3.91. The van der Waals surface area contributed by atoms with Gasteiger partial charge in [-0.05, 0) is 13.3 Å². The molecule has 1 saturated heterocycles. The predicted molar refractivity (Wildman–Crippen MR) is 56.3 cm³/mol. The van der Waals surface area contributed by atoms with E-state index in [0.717, 1.165) is 0 Å². The normalized spacial score (nSPS) is 23.2. The summed E-state index contributed by atoms with van der Waals surface area (Å²) in [6.45, 7) is 1.59. The largest absolute Gasteiger partial charge is 0.511 e. The Hall–Kier alpha value is -1.85. The molecule has 94 valence electrons. The fourth-order valence-electron chi connectivity index (χ4n) is 1.57. The van der Waals surface area contributed by atoms with Crippen LogP contribution in [-0.2, 0) is 19.1 Å². The lowest BCUT2D eigenvalue weighted by Gasteiger charge is -2.20. The van der Waals surface area contributed by atoms with E-state index in [1.165, 1.54) is 0 Å². The second-order valence-corrected chi connectivity index (χ2v) is 3.91. The number of esters is 1. The van der Waals surface area contributed by atoms with Crippen LogP contribution < -0.4 is 0 Å². The van der Waals surface area contributed by atoms with Crippen molar-refractivity contribution in [3.63, 3.8) is 0 Å². The number of ether oxygens (including phenoxy) is 1.